The Balaban J connectivity index is 1.60. The molecule has 20 heavy (non-hydrogen) atoms. The number of oxime groups is 1. The molecule has 3 rings (SSSR count). The lowest BCUT2D eigenvalue weighted by molar-refractivity contribution is -0.127. The summed E-state index contributed by atoms with van der Waals surface area (Å²) >= 11 is 0. The molecule has 0 saturated heterocycles. The van der Waals surface area contributed by atoms with Crippen LogP contribution in [0.3, 0.4) is 0 Å². The van der Waals surface area contributed by atoms with Crippen LogP contribution in [-0.2, 0) is 4.79 Å². The van der Waals surface area contributed by atoms with Gasteiger partial charge in [-0.3, -0.25) is 4.79 Å². The fourth-order valence-electron chi connectivity index (χ4n) is 4.69. The van der Waals surface area contributed by atoms with Gasteiger partial charge in [0.1, 0.15) is 5.41 Å². The molecule has 112 valence electrons. The van der Waals surface area contributed by atoms with Gasteiger partial charge in [0.2, 0.25) is 5.91 Å². The molecule has 3 aliphatic carbocycles. The maximum Gasteiger partial charge on any atom is 0.233 e. The zero-order valence-corrected chi connectivity index (χ0v) is 12.0. The van der Waals surface area contributed by atoms with Gasteiger partial charge in [0.25, 0.3) is 0 Å². The van der Waals surface area contributed by atoms with E-state index < -0.39 is 5.41 Å². The molecule has 0 spiro atoms. The minimum absolute atomic E-state index is 0.0342. The lowest BCUT2D eigenvalue weighted by Crippen LogP contribution is -2.49. The predicted molar refractivity (Wildman–Crippen MR) is 76.3 cm³/mol. The van der Waals surface area contributed by atoms with E-state index >= 15 is 0 Å². The summed E-state index contributed by atoms with van der Waals surface area (Å²) < 4.78 is 0. The Morgan fingerprint density at radius 2 is 2.05 bits per heavy atom. The van der Waals surface area contributed by atoms with Crippen molar-refractivity contribution in [3.63, 3.8) is 0 Å². The van der Waals surface area contributed by atoms with Crippen molar-refractivity contribution < 1.29 is 10.0 Å². The minimum Gasteiger partial charge on any atom is -0.409 e. The molecule has 3 aliphatic rings. The Morgan fingerprint density at radius 3 is 2.60 bits per heavy atom. The Morgan fingerprint density at radius 1 is 1.30 bits per heavy atom. The maximum atomic E-state index is 12.5. The molecular weight excluding hydrogens is 254 g/mol. The van der Waals surface area contributed by atoms with Crippen molar-refractivity contribution in [1.82, 2.24) is 5.32 Å². The molecule has 4 N–H and O–H groups in total. The van der Waals surface area contributed by atoms with Crippen LogP contribution < -0.4 is 11.1 Å². The third-order valence-electron chi connectivity index (χ3n) is 5.90. The first-order valence-corrected chi connectivity index (χ1v) is 7.92. The largest absolute Gasteiger partial charge is 0.409 e. The van der Waals surface area contributed by atoms with Crippen LogP contribution in [0.15, 0.2) is 5.16 Å². The van der Waals surface area contributed by atoms with Crippen molar-refractivity contribution in [2.24, 2.45) is 34.1 Å². The molecular formula is C15H25N3O2. The predicted octanol–water partition coefficient (Wildman–Crippen LogP) is 1.85. The lowest BCUT2D eigenvalue weighted by atomic mass is 9.83. The van der Waals surface area contributed by atoms with Crippen LogP contribution in [0.4, 0.5) is 0 Å². The van der Waals surface area contributed by atoms with Crippen molar-refractivity contribution in [2.75, 3.05) is 6.54 Å². The number of carbonyl (C=O) groups excluding carboxylic acids is 1. The smallest absolute Gasteiger partial charge is 0.233 e. The zero-order valence-electron chi connectivity index (χ0n) is 12.0. The van der Waals surface area contributed by atoms with Gasteiger partial charge in [-0.2, -0.15) is 0 Å². The summed E-state index contributed by atoms with van der Waals surface area (Å²) in [6.45, 7) is 0.764. The molecule has 5 nitrogen and oxygen atoms in total. The van der Waals surface area contributed by atoms with Gasteiger partial charge in [0, 0.05) is 6.54 Å². The van der Waals surface area contributed by atoms with Gasteiger partial charge in [-0.1, -0.05) is 24.4 Å². The Labute approximate surface area is 120 Å². The van der Waals surface area contributed by atoms with Gasteiger partial charge in [0.15, 0.2) is 5.84 Å². The molecule has 2 bridgehead atoms. The highest BCUT2D eigenvalue weighted by atomic mass is 16.4. The minimum atomic E-state index is -0.758. The number of rotatable bonds is 4. The Kier molecular flexibility index (Phi) is 3.61. The van der Waals surface area contributed by atoms with Crippen molar-refractivity contribution in [1.29, 1.82) is 0 Å². The summed E-state index contributed by atoms with van der Waals surface area (Å²) in [5.74, 6) is 2.40. The summed E-state index contributed by atoms with van der Waals surface area (Å²) in [5.41, 5.74) is 5.04. The second kappa shape index (κ2) is 5.26. The van der Waals surface area contributed by atoms with E-state index in [1.54, 1.807) is 0 Å². The maximum absolute atomic E-state index is 12.5. The van der Waals surface area contributed by atoms with Gasteiger partial charge in [-0.25, -0.2) is 0 Å². The lowest BCUT2D eigenvalue weighted by Gasteiger charge is -2.28. The van der Waals surface area contributed by atoms with Gasteiger partial charge in [0.05, 0.1) is 0 Å². The van der Waals surface area contributed by atoms with Gasteiger partial charge >= 0.3 is 0 Å². The first-order chi connectivity index (χ1) is 9.65. The number of nitrogens with zero attached hydrogens (tertiary/aromatic N) is 1. The Hall–Kier alpha value is -1.26. The van der Waals surface area contributed by atoms with E-state index in [9.17, 15) is 4.79 Å². The highest BCUT2D eigenvalue weighted by Crippen LogP contribution is 2.48. The summed E-state index contributed by atoms with van der Waals surface area (Å²) in [5, 5.41) is 15.2. The molecule has 1 amide bonds. The topological polar surface area (TPSA) is 87.7 Å². The first kappa shape index (κ1) is 13.7. The summed E-state index contributed by atoms with van der Waals surface area (Å²) in [6, 6.07) is 0. The average molecular weight is 279 g/mol. The number of amidine groups is 1. The van der Waals surface area contributed by atoms with Gasteiger partial charge in [-0.05, 0) is 49.9 Å². The molecule has 3 unspecified atom stereocenters. The van der Waals surface area contributed by atoms with E-state index in [0.717, 1.165) is 31.2 Å². The standard InChI is InChI=1S/C15H25N3O2/c16-13(18-20)15(5-1-2-6-15)14(19)17-9-12-8-10-3-4-11(12)7-10/h10-12,20H,1-9H2,(H2,16,18)(H,17,19). The first-order valence-electron chi connectivity index (χ1n) is 7.92. The van der Waals surface area contributed by atoms with Crippen molar-refractivity contribution >= 4 is 11.7 Å². The van der Waals surface area contributed by atoms with Crippen LogP contribution in [0.25, 0.3) is 0 Å². The van der Waals surface area contributed by atoms with E-state index in [4.69, 9.17) is 10.9 Å². The zero-order chi connectivity index (χ0) is 14.2. The fourth-order valence-corrected chi connectivity index (χ4v) is 4.69. The molecule has 5 heteroatoms. The highest BCUT2D eigenvalue weighted by Gasteiger charge is 2.46. The SMILES string of the molecule is NC(=NO)C1(C(=O)NCC2CC3CCC2C3)CCCC1. The number of nitrogens with one attached hydrogen (secondary N) is 1. The van der Waals surface area contributed by atoms with Gasteiger partial charge < -0.3 is 16.3 Å². The number of carbonyl (C=O) groups is 1. The molecule has 3 atom stereocenters. The molecule has 0 aromatic rings. The summed E-state index contributed by atoms with van der Waals surface area (Å²) in [7, 11) is 0. The number of fused-ring (bicyclic) bond motifs is 2. The average Bonchev–Trinajstić information content (AvgIpc) is 3.19. The normalized spacial score (nSPS) is 35.4. The quantitative estimate of drug-likeness (QED) is 0.317. The number of nitrogens with two attached hydrogens (primary N) is 1. The third-order valence-corrected chi connectivity index (χ3v) is 5.90. The van der Waals surface area contributed by atoms with Gasteiger partial charge in [-0.15, -0.1) is 0 Å². The summed E-state index contributed by atoms with van der Waals surface area (Å²) in [4.78, 5) is 12.5. The fraction of sp³-hybridized carbons (Fsp3) is 0.867. The van der Waals surface area contributed by atoms with Crippen LogP contribution in [-0.4, -0.2) is 23.5 Å². The van der Waals surface area contributed by atoms with Crippen LogP contribution in [0.2, 0.25) is 0 Å². The summed E-state index contributed by atoms with van der Waals surface area (Å²) in [6.07, 6.45) is 8.67. The molecule has 0 radical (unpaired) electrons. The van der Waals surface area contributed by atoms with E-state index in [1.807, 2.05) is 0 Å². The van der Waals surface area contributed by atoms with E-state index in [-0.39, 0.29) is 11.7 Å². The number of hydrogen-bond donors (Lipinski definition) is 3. The second-order valence-corrected chi connectivity index (χ2v) is 6.92. The molecule has 0 aliphatic heterocycles. The number of hydrogen-bond acceptors (Lipinski definition) is 3. The molecule has 3 saturated carbocycles. The van der Waals surface area contributed by atoms with Crippen LogP contribution in [0.5, 0.6) is 0 Å². The Bertz CT molecular complexity index is 415. The van der Waals surface area contributed by atoms with E-state index in [2.05, 4.69) is 10.5 Å². The van der Waals surface area contributed by atoms with Crippen molar-refractivity contribution in [2.45, 2.75) is 51.4 Å². The third kappa shape index (κ3) is 2.17. The van der Waals surface area contributed by atoms with Crippen LogP contribution >= 0.6 is 0 Å². The van der Waals surface area contributed by atoms with Crippen molar-refractivity contribution in [3.8, 4) is 0 Å². The van der Waals surface area contributed by atoms with Crippen LogP contribution in [0, 0.1) is 23.2 Å². The van der Waals surface area contributed by atoms with Crippen molar-refractivity contribution in [3.05, 3.63) is 0 Å². The molecule has 0 heterocycles. The molecule has 0 aromatic heterocycles. The monoisotopic (exact) mass is 279 g/mol. The second-order valence-electron chi connectivity index (χ2n) is 6.92. The molecule has 0 aromatic carbocycles. The van der Waals surface area contributed by atoms with E-state index in [0.29, 0.717) is 18.8 Å². The number of amides is 1. The van der Waals surface area contributed by atoms with E-state index in [1.165, 1.54) is 25.7 Å². The van der Waals surface area contributed by atoms with Crippen LogP contribution in [0.1, 0.15) is 51.4 Å². The highest BCUT2D eigenvalue weighted by molar-refractivity contribution is 6.07. The molecule has 3 fully saturated rings.